The van der Waals surface area contributed by atoms with Crippen molar-refractivity contribution >= 4 is 0 Å². The smallest absolute Gasteiger partial charge is 0.258 e. The van der Waals surface area contributed by atoms with Crippen LogP contribution in [0.25, 0.3) is 22.8 Å². The Hall–Kier alpha value is -3.01. The minimum atomic E-state index is -0.297. The Labute approximate surface area is 218 Å². The Bertz CT molecular complexity index is 1160. The first-order chi connectivity index (χ1) is 18.1. The number of rotatable bonds is 13. The monoisotopic (exact) mass is 510 g/mol. The van der Waals surface area contributed by atoms with Crippen molar-refractivity contribution < 1.29 is 24.2 Å². The van der Waals surface area contributed by atoms with Crippen LogP contribution in [0.2, 0.25) is 0 Å². The molecule has 0 unspecified atom stereocenters. The van der Waals surface area contributed by atoms with Crippen LogP contribution in [0.5, 0.6) is 11.6 Å². The first-order valence-corrected chi connectivity index (χ1v) is 13.2. The normalized spacial score (nSPS) is 14.0. The standard InChI is InChI=1S/C28H38N4O5/c1-4-19-13-21(12-18(2)26(19)36-11-7-10-29-23(16-33)17-34)27-31-28(37-32-27)22-14-24(20-8-5-6-9-20)30-25(15-22)35-3/h12-15,20,23,29,33-34H,4-11,16-17H2,1-3H3. The largest absolute Gasteiger partial charge is 0.493 e. The number of aliphatic hydroxyl groups excluding tert-OH is 2. The van der Waals surface area contributed by atoms with Gasteiger partial charge in [-0.3, -0.25) is 0 Å². The van der Waals surface area contributed by atoms with Gasteiger partial charge < -0.3 is 29.5 Å². The number of methoxy groups -OCH3 is 1. The molecule has 0 amide bonds. The van der Waals surface area contributed by atoms with E-state index in [0.29, 0.717) is 36.7 Å². The molecule has 1 aliphatic carbocycles. The molecule has 0 aliphatic heterocycles. The Kier molecular flexibility index (Phi) is 9.49. The van der Waals surface area contributed by atoms with E-state index >= 15 is 0 Å². The molecule has 2 aromatic heterocycles. The number of aliphatic hydroxyl groups is 2. The lowest BCUT2D eigenvalue weighted by atomic mass is 10.0. The summed E-state index contributed by atoms with van der Waals surface area (Å²) in [5.74, 6) is 2.85. The van der Waals surface area contributed by atoms with Gasteiger partial charge in [0, 0.05) is 28.8 Å². The fourth-order valence-corrected chi connectivity index (χ4v) is 4.83. The molecule has 1 saturated carbocycles. The van der Waals surface area contributed by atoms with Gasteiger partial charge in [-0.1, -0.05) is 24.9 Å². The summed E-state index contributed by atoms with van der Waals surface area (Å²) in [7, 11) is 1.62. The van der Waals surface area contributed by atoms with Crippen LogP contribution in [0.1, 0.15) is 61.8 Å². The van der Waals surface area contributed by atoms with Crippen molar-refractivity contribution in [2.75, 3.05) is 33.5 Å². The molecule has 200 valence electrons. The van der Waals surface area contributed by atoms with Crippen molar-refractivity contribution in [3.63, 3.8) is 0 Å². The van der Waals surface area contributed by atoms with E-state index in [9.17, 15) is 0 Å². The quantitative estimate of drug-likeness (QED) is 0.292. The molecule has 9 heteroatoms. The van der Waals surface area contributed by atoms with E-state index in [0.717, 1.165) is 59.4 Å². The molecule has 2 heterocycles. The zero-order chi connectivity index (χ0) is 26.2. The highest BCUT2D eigenvalue weighted by molar-refractivity contribution is 5.64. The molecular weight excluding hydrogens is 472 g/mol. The van der Waals surface area contributed by atoms with E-state index in [1.54, 1.807) is 7.11 Å². The second-order valence-corrected chi connectivity index (χ2v) is 9.58. The van der Waals surface area contributed by atoms with Gasteiger partial charge in [0.05, 0.1) is 33.0 Å². The van der Waals surface area contributed by atoms with Crippen LogP contribution in [0.15, 0.2) is 28.8 Å². The Morgan fingerprint density at radius 3 is 2.57 bits per heavy atom. The van der Waals surface area contributed by atoms with Crippen LogP contribution in [-0.4, -0.2) is 64.9 Å². The van der Waals surface area contributed by atoms with Gasteiger partial charge >= 0.3 is 0 Å². The lowest BCUT2D eigenvalue weighted by molar-refractivity contribution is 0.169. The third-order valence-corrected chi connectivity index (χ3v) is 6.91. The number of benzene rings is 1. The maximum absolute atomic E-state index is 9.15. The molecule has 1 fully saturated rings. The van der Waals surface area contributed by atoms with Gasteiger partial charge in [-0.05, 0) is 68.5 Å². The van der Waals surface area contributed by atoms with Crippen molar-refractivity contribution in [2.24, 2.45) is 0 Å². The number of aryl methyl sites for hydroxylation is 2. The van der Waals surface area contributed by atoms with E-state index in [-0.39, 0.29) is 19.3 Å². The fraction of sp³-hybridized carbons (Fsp3) is 0.536. The zero-order valence-electron chi connectivity index (χ0n) is 22.0. The third-order valence-electron chi connectivity index (χ3n) is 6.91. The molecule has 0 atom stereocenters. The molecule has 9 nitrogen and oxygen atoms in total. The molecule has 0 spiro atoms. The minimum absolute atomic E-state index is 0.0912. The number of pyridine rings is 1. The fourth-order valence-electron chi connectivity index (χ4n) is 4.83. The van der Waals surface area contributed by atoms with E-state index in [4.69, 9.17) is 29.2 Å². The molecule has 3 aromatic rings. The average molecular weight is 511 g/mol. The van der Waals surface area contributed by atoms with Crippen LogP contribution < -0.4 is 14.8 Å². The Morgan fingerprint density at radius 2 is 1.86 bits per heavy atom. The second kappa shape index (κ2) is 13.0. The summed E-state index contributed by atoms with van der Waals surface area (Å²) in [6.07, 6.45) is 6.30. The number of nitrogens with zero attached hydrogens (tertiary/aromatic N) is 3. The number of nitrogens with one attached hydrogen (secondary N) is 1. The van der Waals surface area contributed by atoms with Crippen molar-refractivity contribution in [1.82, 2.24) is 20.4 Å². The summed E-state index contributed by atoms with van der Waals surface area (Å²) < 4.78 is 17.2. The summed E-state index contributed by atoms with van der Waals surface area (Å²) in [6, 6.07) is 7.67. The lowest BCUT2D eigenvalue weighted by Gasteiger charge is -2.16. The van der Waals surface area contributed by atoms with Gasteiger partial charge in [-0.25, -0.2) is 4.98 Å². The first kappa shape index (κ1) is 27.0. The number of hydrogen-bond donors (Lipinski definition) is 3. The van der Waals surface area contributed by atoms with Gasteiger partial charge in [0.2, 0.25) is 11.7 Å². The van der Waals surface area contributed by atoms with Crippen LogP contribution in [0, 0.1) is 6.92 Å². The minimum Gasteiger partial charge on any atom is -0.493 e. The highest BCUT2D eigenvalue weighted by atomic mass is 16.5. The average Bonchev–Trinajstić information content (AvgIpc) is 3.64. The predicted molar refractivity (Wildman–Crippen MR) is 141 cm³/mol. The number of aromatic nitrogens is 3. The maximum atomic E-state index is 9.15. The number of ether oxygens (including phenoxy) is 2. The third kappa shape index (κ3) is 6.66. The molecule has 1 aliphatic rings. The van der Waals surface area contributed by atoms with Crippen molar-refractivity contribution in [1.29, 1.82) is 0 Å². The van der Waals surface area contributed by atoms with Crippen LogP contribution in [-0.2, 0) is 6.42 Å². The summed E-state index contributed by atoms with van der Waals surface area (Å²) in [5, 5.41) is 25.7. The lowest BCUT2D eigenvalue weighted by Crippen LogP contribution is -2.36. The maximum Gasteiger partial charge on any atom is 0.258 e. The van der Waals surface area contributed by atoms with Gasteiger partial charge in [-0.2, -0.15) is 4.98 Å². The number of hydrogen-bond acceptors (Lipinski definition) is 9. The van der Waals surface area contributed by atoms with Gasteiger partial charge in [0.1, 0.15) is 5.75 Å². The second-order valence-electron chi connectivity index (χ2n) is 9.58. The van der Waals surface area contributed by atoms with E-state index < -0.39 is 0 Å². The summed E-state index contributed by atoms with van der Waals surface area (Å²) in [5.41, 5.74) is 4.80. The van der Waals surface area contributed by atoms with E-state index in [1.807, 2.05) is 25.1 Å². The van der Waals surface area contributed by atoms with Gasteiger partial charge in [-0.15, -0.1) is 0 Å². The molecule has 1 aromatic carbocycles. The van der Waals surface area contributed by atoms with Crippen molar-refractivity contribution in [2.45, 2.75) is 64.3 Å². The highest BCUT2D eigenvalue weighted by Gasteiger charge is 2.22. The first-order valence-electron chi connectivity index (χ1n) is 13.2. The Balaban J connectivity index is 1.49. The molecule has 37 heavy (non-hydrogen) atoms. The molecular formula is C28H38N4O5. The predicted octanol–water partition coefficient (Wildman–Crippen LogP) is 4.05. The highest BCUT2D eigenvalue weighted by Crippen LogP contribution is 2.36. The van der Waals surface area contributed by atoms with Gasteiger partial charge in [0.15, 0.2) is 0 Å². The molecule has 0 saturated heterocycles. The summed E-state index contributed by atoms with van der Waals surface area (Å²) in [6.45, 7) is 5.11. The van der Waals surface area contributed by atoms with Crippen molar-refractivity contribution in [3.05, 3.63) is 41.1 Å². The molecule has 0 radical (unpaired) electrons. The SMILES string of the molecule is CCc1cc(-c2noc(-c3cc(OC)nc(C4CCCC4)c3)n2)cc(C)c1OCCCNC(CO)CO. The van der Waals surface area contributed by atoms with Crippen LogP contribution >= 0.6 is 0 Å². The summed E-state index contributed by atoms with van der Waals surface area (Å²) >= 11 is 0. The molecule has 4 rings (SSSR count). The summed E-state index contributed by atoms with van der Waals surface area (Å²) in [4.78, 5) is 9.38. The topological polar surface area (TPSA) is 123 Å². The zero-order valence-corrected chi connectivity index (χ0v) is 22.0. The van der Waals surface area contributed by atoms with Gasteiger partial charge in [0.25, 0.3) is 5.89 Å². The van der Waals surface area contributed by atoms with E-state index in [2.05, 4.69) is 28.4 Å². The van der Waals surface area contributed by atoms with E-state index in [1.165, 1.54) is 12.8 Å². The van der Waals surface area contributed by atoms with Crippen LogP contribution in [0.3, 0.4) is 0 Å². The Morgan fingerprint density at radius 1 is 1.08 bits per heavy atom. The molecule has 3 N–H and O–H groups in total. The van der Waals surface area contributed by atoms with Crippen LogP contribution in [0.4, 0.5) is 0 Å². The van der Waals surface area contributed by atoms with Crippen molar-refractivity contribution in [3.8, 4) is 34.5 Å². The molecule has 0 bridgehead atoms.